The Morgan fingerprint density at radius 2 is 1.89 bits per heavy atom. The number of halogens is 1. The molecule has 2 N–H and O–H groups in total. The average molecular weight is 287 g/mol. The first kappa shape index (κ1) is 14.1. The second-order valence-electron chi connectivity index (χ2n) is 6.63. The van der Waals surface area contributed by atoms with Crippen LogP contribution in [-0.2, 0) is 0 Å². The summed E-state index contributed by atoms with van der Waals surface area (Å²) in [5.41, 5.74) is -0.0908. The van der Waals surface area contributed by atoms with Gasteiger partial charge in [-0.3, -0.25) is 20.4 Å². The van der Waals surface area contributed by atoms with E-state index < -0.39 is 0 Å². The molecule has 0 aromatic carbocycles. The summed E-state index contributed by atoms with van der Waals surface area (Å²) >= 11 is 6.28. The normalized spacial score (nSPS) is 43.1. The van der Waals surface area contributed by atoms with Crippen molar-refractivity contribution in [3.05, 3.63) is 0 Å². The highest BCUT2D eigenvalue weighted by molar-refractivity contribution is 6.20. The lowest BCUT2D eigenvalue weighted by Crippen LogP contribution is -2.68. The maximum absolute atomic E-state index is 6.28. The summed E-state index contributed by atoms with van der Waals surface area (Å²) in [7, 11) is 2.25. The first-order valence-electron chi connectivity index (χ1n) is 7.74. The van der Waals surface area contributed by atoms with Gasteiger partial charge in [0.15, 0.2) is 0 Å². The highest BCUT2D eigenvalue weighted by atomic mass is 35.5. The SMILES string of the molecule is CC1CN(C)C2CNC(Cl)NC2N(C2CCCC2)C1. The van der Waals surface area contributed by atoms with Crippen LogP contribution in [0.15, 0.2) is 0 Å². The summed E-state index contributed by atoms with van der Waals surface area (Å²) in [6, 6.07) is 1.29. The molecule has 0 aromatic heterocycles. The molecule has 19 heavy (non-hydrogen) atoms. The Morgan fingerprint density at radius 1 is 1.16 bits per heavy atom. The summed E-state index contributed by atoms with van der Waals surface area (Å²) < 4.78 is 0. The number of fused-ring (bicyclic) bond motifs is 1. The largest absolute Gasteiger partial charge is 0.299 e. The third-order valence-electron chi connectivity index (χ3n) is 5.03. The number of likely N-dealkylation sites (N-methyl/N-ethyl adjacent to an activating group) is 1. The van der Waals surface area contributed by atoms with Crippen LogP contribution in [0.1, 0.15) is 32.6 Å². The number of hydrogen-bond donors (Lipinski definition) is 2. The predicted octanol–water partition coefficient (Wildman–Crippen LogP) is 1.22. The zero-order valence-electron chi connectivity index (χ0n) is 12.1. The van der Waals surface area contributed by atoms with Crippen LogP contribution in [0.4, 0.5) is 0 Å². The molecule has 3 rings (SSSR count). The Bertz CT molecular complexity index is 308. The summed E-state index contributed by atoms with van der Waals surface area (Å²) in [5.74, 6) is 0.728. The van der Waals surface area contributed by atoms with Gasteiger partial charge in [0.2, 0.25) is 0 Å². The molecule has 4 atom stereocenters. The summed E-state index contributed by atoms with van der Waals surface area (Å²) in [5, 5.41) is 6.93. The fourth-order valence-electron chi connectivity index (χ4n) is 4.14. The fraction of sp³-hybridized carbons (Fsp3) is 1.00. The van der Waals surface area contributed by atoms with Crippen molar-refractivity contribution < 1.29 is 0 Å². The number of nitrogens with zero attached hydrogens (tertiary/aromatic N) is 2. The van der Waals surface area contributed by atoms with Crippen molar-refractivity contribution in [2.24, 2.45) is 5.92 Å². The van der Waals surface area contributed by atoms with Gasteiger partial charge in [0.1, 0.15) is 5.62 Å². The highest BCUT2D eigenvalue weighted by Crippen LogP contribution is 2.30. The third kappa shape index (κ3) is 2.93. The quantitative estimate of drug-likeness (QED) is 0.561. The minimum absolute atomic E-state index is 0.0908. The molecule has 1 aliphatic carbocycles. The minimum Gasteiger partial charge on any atom is -0.299 e. The van der Waals surface area contributed by atoms with E-state index in [0.717, 1.165) is 18.5 Å². The standard InChI is InChI=1S/C14H27ClN4/c1-10-8-18(2)12-7-16-14(15)17-13(12)19(9-10)11-5-3-4-6-11/h10-14,16-17H,3-9H2,1-2H3. The van der Waals surface area contributed by atoms with E-state index in [2.05, 4.69) is 34.4 Å². The van der Waals surface area contributed by atoms with E-state index in [-0.39, 0.29) is 5.62 Å². The molecule has 1 saturated carbocycles. The summed E-state index contributed by atoms with van der Waals surface area (Å²) in [6.45, 7) is 5.74. The second kappa shape index (κ2) is 5.86. The van der Waals surface area contributed by atoms with Crippen LogP contribution >= 0.6 is 11.6 Å². The maximum atomic E-state index is 6.28. The molecule has 0 aromatic rings. The van der Waals surface area contributed by atoms with Crippen LogP contribution in [0.5, 0.6) is 0 Å². The molecule has 4 unspecified atom stereocenters. The Kier molecular flexibility index (Phi) is 4.34. The first-order chi connectivity index (χ1) is 9.15. The Labute approximate surface area is 121 Å². The first-order valence-corrected chi connectivity index (χ1v) is 8.18. The van der Waals surface area contributed by atoms with Gasteiger partial charge in [-0.15, -0.1) is 0 Å². The van der Waals surface area contributed by atoms with Crippen LogP contribution in [0.3, 0.4) is 0 Å². The van der Waals surface area contributed by atoms with E-state index in [4.69, 9.17) is 11.6 Å². The van der Waals surface area contributed by atoms with Gasteiger partial charge >= 0.3 is 0 Å². The van der Waals surface area contributed by atoms with E-state index in [1.54, 1.807) is 0 Å². The van der Waals surface area contributed by atoms with E-state index in [1.165, 1.54) is 38.8 Å². The van der Waals surface area contributed by atoms with E-state index >= 15 is 0 Å². The predicted molar refractivity (Wildman–Crippen MR) is 79.1 cm³/mol. The van der Waals surface area contributed by atoms with Crippen molar-refractivity contribution in [1.82, 2.24) is 20.4 Å². The number of nitrogens with one attached hydrogen (secondary N) is 2. The van der Waals surface area contributed by atoms with Crippen molar-refractivity contribution in [2.45, 2.75) is 56.5 Å². The lowest BCUT2D eigenvalue weighted by atomic mass is 10.1. The average Bonchev–Trinajstić information content (AvgIpc) is 2.85. The van der Waals surface area contributed by atoms with E-state index in [9.17, 15) is 0 Å². The monoisotopic (exact) mass is 286 g/mol. The Hall–Kier alpha value is 0.130. The van der Waals surface area contributed by atoms with Gasteiger partial charge < -0.3 is 0 Å². The molecule has 5 heteroatoms. The molecule has 0 amide bonds. The molecule has 2 aliphatic heterocycles. The Balaban J connectivity index is 1.82. The maximum Gasteiger partial charge on any atom is 0.136 e. The molecular weight excluding hydrogens is 260 g/mol. The minimum atomic E-state index is -0.0908. The molecular formula is C14H27ClN4. The van der Waals surface area contributed by atoms with Crippen LogP contribution in [-0.4, -0.2) is 60.4 Å². The zero-order valence-corrected chi connectivity index (χ0v) is 12.9. The molecule has 4 nitrogen and oxygen atoms in total. The van der Waals surface area contributed by atoms with Crippen molar-refractivity contribution in [3.63, 3.8) is 0 Å². The number of alkyl halides is 1. The van der Waals surface area contributed by atoms with Crippen LogP contribution < -0.4 is 10.6 Å². The molecule has 3 aliphatic rings. The number of hydrogen-bond acceptors (Lipinski definition) is 4. The number of rotatable bonds is 1. The van der Waals surface area contributed by atoms with Crippen molar-refractivity contribution in [3.8, 4) is 0 Å². The summed E-state index contributed by atoms with van der Waals surface area (Å²) in [6.07, 6.45) is 5.92. The third-order valence-corrected chi connectivity index (χ3v) is 5.31. The molecule has 0 radical (unpaired) electrons. The van der Waals surface area contributed by atoms with Gasteiger partial charge in [0.05, 0.1) is 12.2 Å². The molecule has 3 fully saturated rings. The van der Waals surface area contributed by atoms with E-state index in [1.807, 2.05) is 0 Å². The van der Waals surface area contributed by atoms with Crippen LogP contribution in [0.2, 0.25) is 0 Å². The van der Waals surface area contributed by atoms with Crippen molar-refractivity contribution >= 4 is 11.6 Å². The van der Waals surface area contributed by atoms with E-state index in [0.29, 0.717) is 12.2 Å². The van der Waals surface area contributed by atoms with Crippen molar-refractivity contribution in [2.75, 3.05) is 26.7 Å². The van der Waals surface area contributed by atoms with Crippen molar-refractivity contribution in [1.29, 1.82) is 0 Å². The van der Waals surface area contributed by atoms with Gasteiger partial charge in [-0.2, -0.15) is 0 Å². The van der Waals surface area contributed by atoms with Gasteiger partial charge in [0.25, 0.3) is 0 Å². The topological polar surface area (TPSA) is 30.5 Å². The molecule has 2 saturated heterocycles. The Morgan fingerprint density at radius 3 is 2.63 bits per heavy atom. The lowest BCUT2D eigenvalue weighted by Gasteiger charge is -2.45. The summed E-state index contributed by atoms with van der Waals surface area (Å²) in [4.78, 5) is 5.23. The van der Waals surface area contributed by atoms with Crippen LogP contribution in [0, 0.1) is 5.92 Å². The van der Waals surface area contributed by atoms with Crippen LogP contribution in [0.25, 0.3) is 0 Å². The van der Waals surface area contributed by atoms with Gasteiger partial charge in [-0.1, -0.05) is 31.4 Å². The highest BCUT2D eigenvalue weighted by Gasteiger charge is 2.41. The van der Waals surface area contributed by atoms with Gasteiger partial charge in [-0.25, -0.2) is 0 Å². The second-order valence-corrected chi connectivity index (χ2v) is 7.07. The smallest absolute Gasteiger partial charge is 0.136 e. The molecule has 0 spiro atoms. The lowest BCUT2D eigenvalue weighted by molar-refractivity contribution is 0.0424. The molecule has 110 valence electrons. The van der Waals surface area contributed by atoms with Gasteiger partial charge in [0, 0.05) is 25.7 Å². The molecule has 2 heterocycles. The molecule has 0 bridgehead atoms. The fourth-order valence-corrected chi connectivity index (χ4v) is 4.36. The van der Waals surface area contributed by atoms with Gasteiger partial charge in [-0.05, 0) is 25.8 Å². The zero-order chi connectivity index (χ0) is 13.4.